The van der Waals surface area contributed by atoms with Crippen molar-refractivity contribution in [3.63, 3.8) is 0 Å². The molecular weight excluding hydrogens is 224 g/mol. The molecule has 2 rings (SSSR count). The summed E-state index contributed by atoms with van der Waals surface area (Å²) in [5.41, 5.74) is 1.61. The number of benzene rings is 2. The molecule has 0 spiro atoms. The number of carboxylic acids is 1. The molecule has 94 valence electrons. The molecule has 0 aliphatic heterocycles. The van der Waals surface area contributed by atoms with E-state index in [-0.39, 0.29) is 0 Å². The fourth-order valence-electron chi connectivity index (χ4n) is 2.27. The van der Waals surface area contributed by atoms with Crippen LogP contribution in [-0.2, 0) is 0 Å². The first-order chi connectivity index (χ1) is 8.52. The van der Waals surface area contributed by atoms with E-state index in [1.807, 2.05) is 30.3 Å². The highest BCUT2D eigenvalue weighted by atomic mass is 16.4. The van der Waals surface area contributed by atoms with Crippen LogP contribution in [0.3, 0.4) is 0 Å². The quantitative estimate of drug-likeness (QED) is 0.871. The van der Waals surface area contributed by atoms with Crippen LogP contribution in [0.5, 0.6) is 0 Å². The minimum atomic E-state index is -0.866. The topological polar surface area (TPSA) is 37.3 Å². The van der Waals surface area contributed by atoms with Gasteiger partial charge in [0.25, 0.3) is 0 Å². The van der Waals surface area contributed by atoms with Gasteiger partial charge in [-0.25, -0.2) is 4.79 Å². The minimum Gasteiger partial charge on any atom is -0.478 e. The lowest BCUT2D eigenvalue weighted by molar-refractivity contribution is 0.0699. The van der Waals surface area contributed by atoms with Gasteiger partial charge >= 0.3 is 5.97 Å². The Balaban J connectivity index is 2.72. The Kier molecular flexibility index (Phi) is 3.37. The molecule has 18 heavy (non-hydrogen) atoms. The molecule has 2 aromatic carbocycles. The molecule has 0 saturated heterocycles. The van der Waals surface area contributed by atoms with E-state index >= 15 is 0 Å². The van der Waals surface area contributed by atoms with Crippen molar-refractivity contribution in [1.82, 2.24) is 0 Å². The maximum Gasteiger partial charge on any atom is 0.336 e. The number of fused-ring (bicyclic) bond motifs is 1. The van der Waals surface area contributed by atoms with Crippen molar-refractivity contribution >= 4 is 16.7 Å². The first-order valence-corrected chi connectivity index (χ1v) is 6.27. The Morgan fingerprint density at radius 1 is 1.00 bits per heavy atom. The molecule has 0 aromatic heterocycles. The van der Waals surface area contributed by atoms with Gasteiger partial charge in [-0.1, -0.05) is 51.1 Å². The Bertz CT molecular complexity index is 585. The van der Waals surface area contributed by atoms with Crippen LogP contribution in [0.1, 0.15) is 42.6 Å². The number of hydrogen-bond donors (Lipinski definition) is 1. The fourth-order valence-corrected chi connectivity index (χ4v) is 2.27. The van der Waals surface area contributed by atoms with Crippen molar-refractivity contribution in [2.75, 3.05) is 0 Å². The molecule has 0 radical (unpaired) electrons. The summed E-state index contributed by atoms with van der Waals surface area (Å²) in [7, 11) is 0. The Morgan fingerprint density at radius 2 is 1.61 bits per heavy atom. The molecular formula is C16H18O2. The lowest BCUT2D eigenvalue weighted by atomic mass is 9.86. The molecule has 1 N–H and O–H groups in total. The predicted molar refractivity (Wildman–Crippen MR) is 74.2 cm³/mol. The third kappa shape index (κ3) is 2.10. The smallest absolute Gasteiger partial charge is 0.336 e. The zero-order valence-electron chi connectivity index (χ0n) is 11.0. The number of rotatable bonds is 3. The van der Waals surface area contributed by atoms with E-state index < -0.39 is 5.97 Å². The second kappa shape index (κ2) is 4.81. The molecule has 2 aromatic rings. The molecule has 2 nitrogen and oxygen atoms in total. The van der Waals surface area contributed by atoms with Gasteiger partial charge in [-0.05, 0) is 34.2 Å². The monoisotopic (exact) mass is 242 g/mol. The SMILES string of the molecule is CC(C)C(C)c1ccc(C(=O)O)c2ccccc12. The van der Waals surface area contributed by atoms with Gasteiger partial charge in [-0.2, -0.15) is 0 Å². The Hall–Kier alpha value is -1.83. The van der Waals surface area contributed by atoms with Gasteiger partial charge < -0.3 is 5.11 Å². The normalized spacial score (nSPS) is 12.9. The summed E-state index contributed by atoms with van der Waals surface area (Å²) in [6.45, 7) is 6.56. The lowest BCUT2D eigenvalue weighted by Gasteiger charge is -2.19. The van der Waals surface area contributed by atoms with E-state index in [4.69, 9.17) is 0 Å². The van der Waals surface area contributed by atoms with Crippen molar-refractivity contribution in [2.45, 2.75) is 26.7 Å². The van der Waals surface area contributed by atoms with Crippen LogP contribution >= 0.6 is 0 Å². The summed E-state index contributed by atoms with van der Waals surface area (Å²) in [6, 6.07) is 11.4. The van der Waals surface area contributed by atoms with Crippen LogP contribution in [-0.4, -0.2) is 11.1 Å². The molecule has 1 unspecified atom stereocenters. The van der Waals surface area contributed by atoms with Crippen molar-refractivity contribution in [1.29, 1.82) is 0 Å². The van der Waals surface area contributed by atoms with Crippen LogP contribution in [0.25, 0.3) is 10.8 Å². The van der Waals surface area contributed by atoms with Gasteiger partial charge in [0.1, 0.15) is 0 Å². The maximum atomic E-state index is 11.2. The van der Waals surface area contributed by atoms with E-state index in [9.17, 15) is 9.90 Å². The van der Waals surface area contributed by atoms with E-state index in [0.717, 1.165) is 10.8 Å². The molecule has 0 saturated carbocycles. The van der Waals surface area contributed by atoms with Crippen LogP contribution in [0.15, 0.2) is 36.4 Å². The number of carbonyl (C=O) groups is 1. The summed E-state index contributed by atoms with van der Waals surface area (Å²) in [4.78, 5) is 11.2. The third-order valence-corrected chi connectivity index (χ3v) is 3.68. The second-order valence-electron chi connectivity index (χ2n) is 5.09. The minimum absolute atomic E-state index is 0.380. The molecule has 0 aliphatic rings. The number of aromatic carboxylic acids is 1. The van der Waals surface area contributed by atoms with Crippen molar-refractivity contribution in [3.05, 3.63) is 47.5 Å². The number of carboxylic acid groups (broad SMARTS) is 1. The van der Waals surface area contributed by atoms with Crippen molar-refractivity contribution in [3.8, 4) is 0 Å². The fraction of sp³-hybridized carbons (Fsp3) is 0.312. The van der Waals surface area contributed by atoms with E-state index in [1.165, 1.54) is 5.56 Å². The Morgan fingerprint density at radius 3 is 2.17 bits per heavy atom. The maximum absolute atomic E-state index is 11.2. The number of hydrogen-bond acceptors (Lipinski definition) is 1. The summed E-state index contributed by atoms with van der Waals surface area (Å²) < 4.78 is 0. The van der Waals surface area contributed by atoms with Crippen LogP contribution in [0, 0.1) is 5.92 Å². The van der Waals surface area contributed by atoms with Crippen molar-refractivity contribution in [2.24, 2.45) is 5.92 Å². The molecule has 0 heterocycles. The van der Waals surface area contributed by atoms with Crippen molar-refractivity contribution < 1.29 is 9.90 Å². The summed E-state index contributed by atoms with van der Waals surface area (Å²) >= 11 is 0. The third-order valence-electron chi connectivity index (χ3n) is 3.68. The highest BCUT2D eigenvalue weighted by Gasteiger charge is 2.16. The Labute approximate surface area is 107 Å². The van der Waals surface area contributed by atoms with Crippen LogP contribution in [0.2, 0.25) is 0 Å². The standard InChI is InChI=1S/C16H18O2/c1-10(2)11(3)12-8-9-15(16(17)18)14-7-5-4-6-13(12)14/h4-11H,1-3H3,(H,17,18). The van der Waals surface area contributed by atoms with Gasteiger partial charge in [0.15, 0.2) is 0 Å². The second-order valence-corrected chi connectivity index (χ2v) is 5.09. The predicted octanol–water partition coefficient (Wildman–Crippen LogP) is 4.30. The molecule has 2 heteroatoms. The van der Waals surface area contributed by atoms with Crippen LogP contribution < -0.4 is 0 Å². The molecule has 0 aliphatic carbocycles. The van der Waals surface area contributed by atoms with Gasteiger partial charge in [-0.15, -0.1) is 0 Å². The van der Waals surface area contributed by atoms with Gasteiger partial charge in [0.2, 0.25) is 0 Å². The first kappa shape index (κ1) is 12.6. The molecule has 0 bridgehead atoms. The first-order valence-electron chi connectivity index (χ1n) is 6.27. The summed E-state index contributed by atoms with van der Waals surface area (Å²) in [5, 5.41) is 11.1. The zero-order valence-corrected chi connectivity index (χ0v) is 11.0. The molecule has 1 atom stereocenters. The zero-order chi connectivity index (χ0) is 13.3. The molecule has 0 amide bonds. The van der Waals surface area contributed by atoms with E-state index in [2.05, 4.69) is 20.8 Å². The summed E-state index contributed by atoms with van der Waals surface area (Å²) in [6.07, 6.45) is 0. The average molecular weight is 242 g/mol. The highest BCUT2D eigenvalue weighted by molar-refractivity contribution is 6.04. The lowest BCUT2D eigenvalue weighted by Crippen LogP contribution is -2.05. The van der Waals surface area contributed by atoms with Gasteiger partial charge in [-0.3, -0.25) is 0 Å². The highest BCUT2D eigenvalue weighted by Crippen LogP contribution is 2.32. The molecule has 0 fully saturated rings. The van der Waals surface area contributed by atoms with Gasteiger partial charge in [0.05, 0.1) is 5.56 Å². The largest absolute Gasteiger partial charge is 0.478 e. The van der Waals surface area contributed by atoms with E-state index in [0.29, 0.717) is 17.4 Å². The average Bonchev–Trinajstić information content (AvgIpc) is 2.36. The van der Waals surface area contributed by atoms with Gasteiger partial charge in [0, 0.05) is 0 Å². The van der Waals surface area contributed by atoms with E-state index in [1.54, 1.807) is 6.07 Å². The van der Waals surface area contributed by atoms with Crippen LogP contribution in [0.4, 0.5) is 0 Å². The summed E-state index contributed by atoms with van der Waals surface area (Å²) in [5.74, 6) is 0.0804.